The average Bonchev–Trinajstić information content (AvgIpc) is 2.40. The minimum atomic E-state index is 0.839. The van der Waals surface area contributed by atoms with Gasteiger partial charge in [0.1, 0.15) is 5.69 Å². The molecule has 1 aromatic carbocycles. The van der Waals surface area contributed by atoms with Crippen molar-refractivity contribution < 1.29 is 0 Å². The summed E-state index contributed by atoms with van der Waals surface area (Å²) in [6.45, 7) is 0. The topological polar surface area (TPSA) is 17.8 Å². The van der Waals surface area contributed by atoms with Crippen LogP contribution in [0.25, 0.3) is 10.9 Å². The lowest BCUT2D eigenvalue weighted by Crippen LogP contribution is -1.92. The highest BCUT2D eigenvalue weighted by molar-refractivity contribution is 5.83. The highest BCUT2D eigenvalue weighted by atomic mass is 15.3. The monoisotopic (exact) mass is 156 g/mol. The van der Waals surface area contributed by atoms with Gasteiger partial charge in [0.15, 0.2) is 0 Å². The van der Waals surface area contributed by atoms with E-state index in [0.29, 0.717) is 0 Å². The van der Waals surface area contributed by atoms with Crippen molar-refractivity contribution in [2.24, 2.45) is 7.05 Å². The van der Waals surface area contributed by atoms with Crippen LogP contribution in [0.4, 0.5) is 0 Å². The van der Waals surface area contributed by atoms with Crippen molar-refractivity contribution in [3.05, 3.63) is 30.0 Å². The summed E-state index contributed by atoms with van der Waals surface area (Å²) in [4.78, 5) is 0. The Morgan fingerprint density at radius 2 is 2.17 bits per heavy atom. The third kappa shape index (κ3) is 0.802. The molecule has 2 nitrogen and oxygen atoms in total. The minimum absolute atomic E-state index is 0.839. The van der Waals surface area contributed by atoms with Crippen LogP contribution in [-0.4, -0.2) is 9.78 Å². The summed E-state index contributed by atoms with van der Waals surface area (Å²) in [7, 11) is 1.86. The Balaban J connectivity index is 2.93. The molecule has 0 N–H and O–H groups in total. The summed E-state index contributed by atoms with van der Waals surface area (Å²) in [6, 6.07) is 7.86. The fraction of sp³-hybridized carbons (Fsp3) is 0.100. The van der Waals surface area contributed by atoms with Crippen molar-refractivity contribution >= 4 is 10.9 Å². The van der Waals surface area contributed by atoms with Gasteiger partial charge in [-0.15, -0.1) is 6.42 Å². The maximum atomic E-state index is 5.35. The van der Waals surface area contributed by atoms with Gasteiger partial charge in [-0.2, -0.15) is 5.10 Å². The zero-order valence-corrected chi connectivity index (χ0v) is 6.78. The van der Waals surface area contributed by atoms with E-state index in [1.165, 1.54) is 0 Å². The van der Waals surface area contributed by atoms with Crippen molar-refractivity contribution in [2.75, 3.05) is 0 Å². The van der Waals surface area contributed by atoms with Crippen LogP contribution in [-0.2, 0) is 7.05 Å². The van der Waals surface area contributed by atoms with E-state index in [4.69, 9.17) is 6.42 Å². The summed E-state index contributed by atoms with van der Waals surface area (Å²) >= 11 is 0. The molecule has 2 heteroatoms. The van der Waals surface area contributed by atoms with Crippen LogP contribution in [0.5, 0.6) is 0 Å². The normalized spacial score (nSPS) is 10.0. The van der Waals surface area contributed by atoms with Gasteiger partial charge in [-0.1, -0.05) is 12.1 Å². The van der Waals surface area contributed by atoms with Gasteiger partial charge in [0.05, 0.1) is 5.52 Å². The molecule has 0 aliphatic rings. The third-order valence-corrected chi connectivity index (χ3v) is 1.88. The predicted octanol–water partition coefficient (Wildman–Crippen LogP) is 1.55. The number of aromatic nitrogens is 2. The second-order valence-corrected chi connectivity index (χ2v) is 2.63. The molecule has 58 valence electrons. The molecular formula is C10H8N2. The number of aryl methyl sites for hydroxylation is 1. The van der Waals surface area contributed by atoms with Crippen LogP contribution in [0.1, 0.15) is 5.69 Å². The number of benzene rings is 1. The van der Waals surface area contributed by atoms with Crippen LogP contribution < -0.4 is 0 Å². The highest BCUT2D eigenvalue weighted by Gasteiger charge is 2.03. The molecule has 12 heavy (non-hydrogen) atoms. The Morgan fingerprint density at radius 3 is 2.92 bits per heavy atom. The van der Waals surface area contributed by atoms with Crippen LogP contribution in [0.2, 0.25) is 0 Å². The van der Waals surface area contributed by atoms with Crippen LogP contribution >= 0.6 is 0 Å². The van der Waals surface area contributed by atoms with Gasteiger partial charge >= 0.3 is 0 Å². The minimum Gasteiger partial charge on any atom is -0.259 e. The third-order valence-electron chi connectivity index (χ3n) is 1.88. The van der Waals surface area contributed by atoms with E-state index < -0.39 is 0 Å². The van der Waals surface area contributed by atoms with Gasteiger partial charge in [0.25, 0.3) is 0 Å². The van der Waals surface area contributed by atoms with E-state index in [1.54, 1.807) is 4.68 Å². The van der Waals surface area contributed by atoms with Gasteiger partial charge in [-0.3, -0.25) is 4.68 Å². The molecule has 0 spiro atoms. The maximum Gasteiger partial charge on any atom is 0.118 e. The van der Waals surface area contributed by atoms with E-state index >= 15 is 0 Å². The number of fused-ring (bicyclic) bond motifs is 1. The standard InChI is InChI=1S/C10H8N2/c1-3-10-8-6-4-5-7-9(8)11-12(10)2/h1,4-7H,2H3. The Labute approximate surface area is 70.8 Å². The molecule has 1 aromatic heterocycles. The zero-order chi connectivity index (χ0) is 8.55. The van der Waals surface area contributed by atoms with Crippen LogP contribution in [0.15, 0.2) is 24.3 Å². The number of hydrogen-bond acceptors (Lipinski definition) is 1. The number of terminal acetylenes is 1. The van der Waals surface area contributed by atoms with Crippen LogP contribution in [0, 0.1) is 12.3 Å². The first kappa shape index (κ1) is 6.93. The number of nitrogens with zero attached hydrogens (tertiary/aromatic N) is 2. The van der Waals surface area contributed by atoms with Crippen molar-refractivity contribution in [3.8, 4) is 12.3 Å². The van der Waals surface area contributed by atoms with Gasteiger partial charge < -0.3 is 0 Å². The van der Waals surface area contributed by atoms with E-state index in [2.05, 4.69) is 11.0 Å². The summed E-state index contributed by atoms with van der Waals surface area (Å²) in [6.07, 6.45) is 5.35. The van der Waals surface area contributed by atoms with E-state index in [0.717, 1.165) is 16.6 Å². The lowest BCUT2D eigenvalue weighted by molar-refractivity contribution is 0.769. The summed E-state index contributed by atoms with van der Waals surface area (Å²) < 4.78 is 1.73. The fourth-order valence-corrected chi connectivity index (χ4v) is 1.32. The smallest absolute Gasteiger partial charge is 0.118 e. The Hall–Kier alpha value is -1.75. The zero-order valence-electron chi connectivity index (χ0n) is 6.78. The van der Waals surface area contributed by atoms with Crippen molar-refractivity contribution in [2.45, 2.75) is 0 Å². The SMILES string of the molecule is C#Cc1c2ccccc2nn1C. The Bertz CT molecular complexity index is 460. The lowest BCUT2D eigenvalue weighted by Gasteiger charge is -1.89. The first-order valence-electron chi connectivity index (χ1n) is 3.71. The van der Waals surface area contributed by atoms with E-state index in [1.807, 2.05) is 31.3 Å². The molecule has 0 saturated heterocycles. The second kappa shape index (κ2) is 2.38. The van der Waals surface area contributed by atoms with E-state index in [-0.39, 0.29) is 0 Å². The van der Waals surface area contributed by atoms with Gasteiger partial charge in [-0.25, -0.2) is 0 Å². The van der Waals surface area contributed by atoms with Gasteiger partial charge in [0.2, 0.25) is 0 Å². The molecule has 1 heterocycles. The Kier molecular flexibility index (Phi) is 1.38. The molecule has 0 aliphatic carbocycles. The molecule has 0 fully saturated rings. The molecule has 0 radical (unpaired) electrons. The Morgan fingerprint density at radius 1 is 1.42 bits per heavy atom. The summed E-state index contributed by atoms with van der Waals surface area (Å²) in [5, 5.41) is 5.30. The molecule has 0 amide bonds. The summed E-state index contributed by atoms with van der Waals surface area (Å²) in [5.74, 6) is 2.62. The van der Waals surface area contributed by atoms with Crippen molar-refractivity contribution in [3.63, 3.8) is 0 Å². The fourth-order valence-electron chi connectivity index (χ4n) is 1.32. The predicted molar refractivity (Wildman–Crippen MR) is 48.6 cm³/mol. The molecule has 0 unspecified atom stereocenters. The second-order valence-electron chi connectivity index (χ2n) is 2.63. The van der Waals surface area contributed by atoms with Crippen molar-refractivity contribution in [1.82, 2.24) is 9.78 Å². The summed E-state index contributed by atoms with van der Waals surface area (Å²) in [5.41, 5.74) is 1.79. The average molecular weight is 156 g/mol. The number of hydrogen-bond donors (Lipinski definition) is 0. The molecule has 0 atom stereocenters. The quantitative estimate of drug-likeness (QED) is 0.529. The highest BCUT2D eigenvalue weighted by Crippen LogP contribution is 2.15. The largest absolute Gasteiger partial charge is 0.259 e. The molecule has 0 aliphatic heterocycles. The van der Waals surface area contributed by atoms with Crippen LogP contribution in [0.3, 0.4) is 0 Å². The van der Waals surface area contributed by atoms with Gasteiger partial charge in [-0.05, 0) is 18.1 Å². The first-order valence-corrected chi connectivity index (χ1v) is 3.71. The molecule has 2 rings (SSSR count). The molecule has 0 saturated carbocycles. The lowest BCUT2D eigenvalue weighted by atomic mass is 10.2. The molecule has 0 bridgehead atoms. The molecular weight excluding hydrogens is 148 g/mol. The molecule has 2 aromatic rings. The maximum absolute atomic E-state index is 5.35. The first-order chi connectivity index (χ1) is 5.83. The van der Waals surface area contributed by atoms with Crippen molar-refractivity contribution in [1.29, 1.82) is 0 Å². The van der Waals surface area contributed by atoms with Gasteiger partial charge in [0, 0.05) is 12.4 Å². The van der Waals surface area contributed by atoms with E-state index in [9.17, 15) is 0 Å². The number of rotatable bonds is 0.